The summed E-state index contributed by atoms with van der Waals surface area (Å²) in [4.78, 5) is 25.7. The van der Waals surface area contributed by atoms with Crippen molar-refractivity contribution >= 4 is 36.1 Å². The molecule has 1 amide bonds. The van der Waals surface area contributed by atoms with Crippen LogP contribution in [0.4, 0.5) is 5.13 Å². The smallest absolute Gasteiger partial charge is 0.253 e. The molecule has 179 valence electrons. The summed E-state index contributed by atoms with van der Waals surface area (Å²) in [5, 5.41) is 8.50. The van der Waals surface area contributed by atoms with Gasteiger partial charge in [-0.25, -0.2) is 4.98 Å². The van der Waals surface area contributed by atoms with Crippen molar-refractivity contribution in [2.24, 2.45) is 5.92 Å². The first-order chi connectivity index (χ1) is 16.6. The Morgan fingerprint density at radius 3 is 2.85 bits per heavy atom. The predicted octanol–water partition coefficient (Wildman–Crippen LogP) is 3.59. The molecule has 1 fully saturated rings. The Morgan fingerprint density at radius 1 is 1.35 bits per heavy atom. The van der Waals surface area contributed by atoms with E-state index >= 15 is 0 Å². The van der Waals surface area contributed by atoms with E-state index in [2.05, 4.69) is 33.1 Å². The van der Waals surface area contributed by atoms with Gasteiger partial charge in [0.2, 0.25) is 7.41 Å². The number of carbonyl (C=O) groups is 2. The number of rotatable bonds is 9. The number of aromatic nitrogens is 2. The van der Waals surface area contributed by atoms with E-state index < -0.39 is 0 Å². The van der Waals surface area contributed by atoms with Gasteiger partial charge in [-0.1, -0.05) is 19.0 Å². The lowest BCUT2D eigenvalue weighted by atomic mass is 10.0. The van der Waals surface area contributed by atoms with Gasteiger partial charge in [-0.05, 0) is 43.2 Å². The second-order valence-electron chi connectivity index (χ2n) is 7.66. The van der Waals surface area contributed by atoms with Crippen molar-refractivity contribution in [2.45, 2.75) is 19.7 Å². The quantitative estimate of drug-likeness (QED) is 0.359. The molecule has 10 heteroatoms. The van der Waals surface area contributed by atoms with Crippen LogP contribution in [0, 0.1) is 5.92 Å². The van der Waals surface area contributed by atoms with Gasteiger partial charge in [-0.15, -0.1) is 11.3 Å². The summed E-state index contributed by atoms with van der Waals surface area (Å²) in [6, 6.07) is 9.85. The monoisotopic (exact) mass is 481 g/mol. The van der Waals surface area contributed by atoms with E-state index in [9.17, 15) is 9.59 Å². The van der Waals surface area contributed by atoms with Crippen LogP contribution in [0.15, 0.2) is 48.1 Å². The Kier molecular flexibility index (Phi) is 10.2. The third-order valence-electron chi connectivity index (χ3n) is 5.30. The molecule has 0 bridgehead atoms. The number of nitrogens with one attached hydrogen (secondary N) is 2. The van der Waals surface area contributed by atoms with Gasteiger partial charge in [0.1, 0.15) is 12.0 Å². The minimum Gasteiger partial charge on any atom is -0.493 e. The molecular formula is C24H30BN4O4S. The van der Waals surface area contributed by atoms with E-state index in [-0.39, 0.29) is 12.5 Å². The molecule has 1 saturated heterocycles. The normalized spacial score (nSPS) is 13.4. The number of thiazole rings is 1. The van der Waals surface area contributed by atoms with Gasteiger partial charge in [0, 0.05) is 37.4 Å². The highest BCUT2D eigenvalue weighted by Gasteiger charge is 2.14. The molecule has 1 aliphatic rings. The van der Waals surface area contributed by atoms with Crippen molar-refractivity contribution in [1.29, 1.82) is 0 Å². The van der Waals surface area contributed by atoms with Gasteiger partial charge >= 0.3 is 0 Å². The molecule has 34 heavy (non-hydrogen) atoms. The van der Waals surface area contributed by atoms with Crippen molar-refractivity contribution < 1.29 is 19.1 Å². The average molecular weight is 481 g/mol. The van der Waals surface area contributed by atoms with E-state index in [4.69, 9.17) is 9.47 Å². The molecule has 2 N–H and O–H groups in total. The van der Waals surface area contributed by atoms with Crippen LogP contribution in [0.25, 0.3) is 11.3 Å². The molecule has 1 radical (unpaired) electrons. The maximum Gasteiger partial charge on any atom is 0.253 e. The molecule has 3 heterocycles. The maximum atomic E-state index is 11.2. The number of ether oxygens (including phenoxy) is 2. The third kappa shape index (κ3) is 7.74. The highest BCUT2D eigenvalue weighted by molar-refractivity contribution is 7.14. The second-order valence-corrected chi connectivity index (χ2v) is 8.52. The van der Waals surface area contributed by atoms with E-state index in [0.717, 1.165) is 54.8 Å². The van der Waals surface area contributed by atoms with Gasteiger partial charge in [0.05, 0.1) is 24.4 Å². The zero-order valence-electron chi connectivity index (χ0n) is 19.5. The van der Waals surface area contributed by atoms with Crippen LogP contribution >= 0.6 is 11.3 Å². The fourth-order valence-corrected chi connectivity index (χ4v) is 4.02. The molecule has 8 nitrogen and oxygen atoms in total. The molecule has 1 aliphatic heterocycles. The maximum absolute atomic E-state index is 11.2. The van der Waals surface area contributed by atoms with E-state index in [1.165, 1.54) is 0 Å². The highest BCUT2D eigenvalue weighted by Crippen LogP contribution is 2.27. The zero-order valence-corrected chi connectivity index (χ0v) is 20.3. The lowest BCUT2D eigenvalue weighted by Gasteiger charge is -2.22. The standard InChI is InChI=1S/C16H20N2O2S.C8H10BN2O2/c1-17-16-18-15(11-21-16)13-3-2-4-14(9-13)20-10-12-5-7-19-8-6-12;1-9-11-4-2-7(6-11)8(13)10-3-5-12/h2-4,9,11-12H,5-8,10H2,1H3,(H,17,18);2,4-6H,3H2,1H3,(H,10,13). The van der Waals surface area contributed by atoms with Crippen LogP contribution in [-0.2, 0) is 9.53 Å². The first-order valence-electron chi connectivity index (χ1n) is 11.3. The third-order valence-corrected chi connectivity index (χ3v) is 6.15. The summed E-state index contributed by atoms with van der Waals surface area (Å²) >= 11 is 1.61. The molecular weight excluding hydrogens is 451 g/mol. The van der Waals surface area contributed by atoms with Crippen molar-refractivity contribution in [2.75, 3.05) is 38.7 Å². The summed E-state index contributed by atoms with van der Waals surface area (Å²) in [6.07, 6.45) is 6.31. The fraction of sp³-hybridized carbons (Fsp3) is 0.375. The van der Waals surface area contributed by atoms with E-state index in [1.807, 2.05) is 33.4 Å². The molecule has 0 atom stereocenters. The number of hydrogen-bond donors (Lipinski definition) is 2. The number of aldehydes is 1. The summed E-state index contributed by atoms with van der Waals surface area (Å²) in [6.45, 7) is 4.41. The summed E-state index contributed by atoms with van der Waals surface area (Å²) < 4.78 is 13.1. The lowest BCUT2D eigenvalue weighted by Crippen LogP contribution is -2.24. The minimum atomic E-state index is -0.229. The van der Waals surface area contributed by atoms with Crippen LogP contribution in [0.1, 0.15) is 23.2 Å². The second kappa shape index (κ2) is 13.6. The van der Waals surface area contributed by atoms with Gasteiger partial charge in [-0.2, -0.15) is 0 Å². The summed E-state index contributed by atoms with van der Waals surface area (Å²) in [5.41, 5.74) is 2.64. The summed E-state index contributed by atoms with van der Waals surface area (Å²) in [5.74, 6) is 1.29. The molecule has 0 aliphatic carbocycles. The van der Waals surface area contributed by atoms with Crippen molar-refractivity contribution in [1.82, 2.24) is 14.8 Å². The highest BCUT2D eigenvalue weighted by atomic mass is 32.1. The zero-order chi connectivity index (χ0) is 24.2. The Labute approximate surface area is 204 Å². The molecule has 2 aromatic heterocycles. The van der Waals surface area contributed by atoms with Gasteiger partial charge < -0.3 is 29.4 Å². The molecule has 4 rings (SSSR count). The van der Waals surface area contributed by atoms with Crippen molar-refractivity contribution in [3.63, 3.8) is 0 Å². The topological polar surface area (TPSA) is 94.5 Å². The first-order valence-corrected chi connectivity index (χ1v) is 12.1. The van der Waals surface area contributed by atoms with E-state index in [0.29, 0.717) is 17.8 Å². The molecule has 0 unspecified atom stereocenters. The Balaban J connectivity index is 0.000000215. The molecule has 3 aromatic rings. The lowest BCUT2D eigenvalue weighted by molar-refractivity contribution is -0.107. The Hall–Kier alpha value is -3.11. The predicted molar refractivity (Wildman–Crippen MR) is 136 cm³/mol. The molecule has 0 spiro atoms. The van der Waals surface area contributed by atoms with Crippen LogP contribution in [0.3, 0.4) is 0 Å². The molecule has 0 saturated carbocycles. The van der Waals surface area contributed by atoms with E-state index in [1.54, 1.807) is 34.3 Å². The number of benzene rings is 1. The number of amides is 1. The largest absolute Gasteiger partial charge is 0.493 e. The fourth-order valence-electron chi connectivity index (χ4n) is 3.34. The Bertz CT molecular complexity index is 1050. The minimum absolute atomic E-state index is 0.0554. The van der Waals surface area contributed by atoms with Crippen LogP contribution < -0.4 is 15.4 Å². The van der Waals surface area contributed by atoms with Crippen molar-refractivity contribution in [3.8, 4) is 17.0 Å². The number of carbonyl (C=O) groups excluding carboxylic acids is 2. The first kappa shape index (κ1) is 25.5. The number of hydrogen-bond acceptors (Lipinski definition) is 7. The summed E-state index contributed by atoms with van der Waals surface area (Å²) in [7, 11) is 3.71. The van der Waals surface area contributed by atoms with Gasteiger partial charge in [0.25, 0.3) is 5.91 Å². The van der Waals surface area contributed by atoms with Crippen molar-refractivity contribution in [3.05, 3.63) is 53.7 Å². The van der Waals surface area contributed by atoms with Crippen LogP contribution in [0.5, 0.6) is 5.75 Å². The van der Waals surface area contributed by atoms with Gasteiger partial charge in [0.15, 0.2) is 5.13 Å². The number of anilines is 1. The number of nitrogens with zero attached hydrogens (tertiary/aromatic N) is 2. The van der Waals surface area contributed by atoms with Crippen LogP contribution in [-0.4, -0.2) is 62.5 Å². The average Bonchev–Trinajstić information content (AvgIpc) is 3.57. The molecule has 1 aromatic carbocycles. The Morgan fingerprint density at radius 2 is 2.18 bits per heavy atom. The SMILES string of the molecule is CNc1nc(-c2cccc(OCC3CCOCC3)c2)cs1.C[B]n1ccc(C(=O)NCC=O)c1. The van der Waals surface area contributed by atoms with Crippen LogP contribution in [0.2, 0.25) is 6.82 Å². The van der Waals surface area contributed by atoms with Gasteiger partial charge in [-0.3, -0.25) is 4.79 Å².